The zero-order chi connectivity index (χ0) is 21.0. The third-order valence-corrected chi connectivity index (χ3v) is 5.10. The van der Waals surface area contributed by atoms with Gasteiger partial charge in [-0.1, -0.05) is 6.92 Å². The zero-order valence-corrected chi connectivity index (χ0v) is 20.8. The number of nitrogens with two attached hydrogens (primary N) is 4. The largest absolute Gasteiger partial charge is 0.441 e. The lowest BCUT2D eigenvalue weighted by molar-refractivity contribution is -0.287. The molecule has 32 heavy (non-hydrogen) atoms. The Morgan fingerprint density at radius 1 is 1.00 bits per heavy atom. The fourth-order valence-electron chi connectivity index (χ4n) is 3.40. The van der Waals surface area contributed by atoms with E-state index in [0.29, 0.717) is 13.0 Å². The molecule has 0 radical (unpaired) electrons. The quantitative estimate of drug-likeness (QED) is 0.175. The number of alkyl carbamates (subject to hydrolysis) is 1. The molecule has 12 N–H and O–H groups in total. The summed E-state index contributed by atoms with van der Waals surface area (Å²) in [6.07, 6.45) is -7.94. The summed E-state index contributed by atoms with van der Waals surface area (Å²) in [5.41, 5.74) is 23.5. The predicted molar refractivity (Wildman–Crippen MR) is 127 cm³/mol. The summed E-state index contributed by atoms with van der Waals surface area (Å²) >= 11 is 0. The molecule has 16 heteroatoms. The fourth-order valence-corrected chi connectivity index (χ4v) is 3.40. The van der Waals surface area contributed by atoms with E-state index in [2.05, 4.69) is 5.32 Å². The Bertz CT molecular complexity index is 531. The third kappa shape index (κ3) is 8.69. The third-order valence-electron chi connectivity index (χ3n) is 5.10. The lowest BCUT2D eigenvalue weighted by Gasteiger charge is -2.46. The van der Waals surface area contributed by atoms with Crippen LogP contribution < -0.4 is 28.3 Å². The van der Waals surface area contributed by atoms with Gasteiger partial charge in [0.15, 0.2) is 12.4 Å². The summed E-state index contributed by atoms with van der Waals surface area (Å²) in [5.74, 6) is 0. The van der Waals surface area contributed by atoms with Crippen LogP contribution in [0, 0.1) is 0 Å². The molecule has 2 aliphatic rings. The van der Waals surface area contributed by atoms with Crippen molar-refractivity contribution in [2.45, 2.75) is 80.8 Å². The van der Waals surface area contributed by atoms with E-state index in [0.717, 1.165) is 0 Å². The van der Waals surface area contributed by atoms with Gasteiger partial charge in [0.1, 0.15) is 30.5 Å². The van der Waals surface area contributed by atoms with E-state index in [1.54, 1.807) is 0 Å². The molecular formula is C16H37Cl4N5O7. The van der Waals surface area contributed by atoms with E-state index in [1.807, 2.05) is 6.92 Å². The van der Waals surface area contributed by atoms with Crippen molar-refractivity contribution in [3.05, 3.63) is 0 Å². The van der Waals surface area contributed by atoms with Gasteiger partial charge in [0.05, 0.1) is 6.04 Å². The van der Waals surface area contributed by atoms with Crippen LogP contribution in [0.5, 0.6) is 0 Å². The molecule has 0 unspecified atom stereocenters. The number of nitrogens with one attached hydrogen (secondary N) is 1. The Morgan fingerprint density at radius 2 is 1.59 bits per heavy atom. The minimum Gasteiger partial charge on any atom is -0.441 e. The van der Waals surface area contributed by atoms with Crippen molar-refractivity contribution in [2.75, 3.05) is 13.1 Å². The van der Waals surface area contributed by atoms with Crippen molar-refractivity contribution in [1.82, 2.24) is 5.32 Å². The second-order valence-electron chi connectivity index (χ2n) is 7.29. The maximum atomic E-state index is 12.0. The van der Waals surface area contributed by atoms with Crippen LogP contribution in [-0.2, 0) is 14.2 Å². The van der Waals surface area contributed by atoms with Gasteiger partial charge in [0.2, 0.25) is 0 Å². The summed E-state index contributed by atoms with van der Waals surface area (Å²) < 4.78 is 16.7. The standard InChI is InChI=1S/C16H33N5O7.4ClH/c1-2-3-21-16(25)28-14-10(22)6(18)4-7(19)13(14)27-15-9(20)12(24)11(23)8(5-17)26-15;;;;/h6-15,22-24H,2-5,17-20H2,1H3,(H,21,25);4*1H/t6-,7+,8-,9-,10+,11-,12-,13-,14-,15-;;;;/m1..../s1. The maximum absolute atomic E-state index is 12.0. The van der Waals surface area contributed by atoms with E-state index in [4.69, 9.17) is 37.1 Å². The molecule has 12 nitrogen and oxygen atoms in total. The number of aliphatic hydroxyl groups excluding tert-OH is 3. The molecule has 2 fully saturated rings. The van der Waals surface area contributed by atoms with Crippen molar-refractivity contribution >= 4 is 55.7 Å². The van der Waals surface area contributed by atoms with E-state index < -0.39 is 67.1 Å². The minimum atomic E-state index is -1.34. The molecule has 0 aromatic heterocycles. The summed E-state index contributed by atoms with van der Waals surface area (Å²) in [7, 11) is 0. The van der Waals surface area contributed by atoms with Gasteiger partial charge in [0.25, 0.3) is 0 Å². The maximum Gasteiger partial charge on any atom is 0.407 e. The van der Waals surface area contributed by atoms with Crippen LogP contribution in [0.2, 0.25) is 0 Å². The summed E-state index contributed by atoms with van der Waals surface area (Å²) in [6, 6.07) is -2.52. The molecule has 10 atom stereocenters. The average Bonchev–Trinajstić information content (AvgIpc) is 2.66. The Balaban J connectivity index is -0.00000210. The van der Waals surface area contributed by atoms with Crippen molar-refractivity contribution in [3.63, 3.8) is 0 Å². The first-order valence-corrected chi connectivity index (χ1v) is 9.47. The van der Waals surface area contributed by atoms with Gasteiger partial charge in [-0.05, 0) is 12.8 Å². The van der Waals surface area contributed by atoms with Crippen LogP contribution in [0.15, 0.2) is 0 Å². The normalized spacial score (nSPS) is 38.6. The molecule has 0 aromatic carbocycles. The number of amides is 1. The number of aliphatic hydroxyl groups is 3. The van der Waals surface area contributed by atoms with Gasteiger partial charge in [-0.2, -0.15) is 0 Å². The summed E-state index contributed by atoms with van der Waals surface area (Å²) in [6.45, 7) is 2.20. The second-order valence-corrected chi connectivity index (χ2v) is 7.29. The Hall–Kier alpha value is 0.0700. The highest BCUT2D eigenvalue weighted by Crippen LogP contribution is 2.28. The molecule has 0 aromatic rings. The average molecular weight is 553 g/mol. The van der Waals surface area contributed by atoms with Crippen LogP contribution in [0.3, 0.4) is 0 Å². The number of carbonyl (C=O) groups is 1. The van der Waals surface area contributed by atoms with Crippen LogP contribution >= 0.6 is 49.6 Å². The van der Waals surface area contributed by atoms with Gasteiger partial charge < -0.3 is 57.8 Å². The molecule has 196 valence electrons. The monoisotopic (exact) mass is 551 g/mol. The van der Waals surface area contributed by atoms with Gasteiger partial charge in [-0.3, -0.25) is 0 Å². The first-order chi connectivity index (χ1) is 13.2. The first-order valence-electron chi connectivity index (χ1n) is 9.47. The van der Waals surface area contributed by atoms with E-state index in [9.17, 15) is 20.1 Å². The molecule has 0 bridgehead atoms. The minimum absolute atomic E-state index is 0. The van der Waals surface area contributed by atoms with Gasteiger partial charge in [0, 0.05) is 25.2 Å². The van der Waals surface area contributed by atoms with Crippen LogP contribution in [0.1, 0.15) is 19.8 Å². The molecule has 1 heterocycles. The topological polar surface area (TPSA) is 222 Å². The summed E-state index contributed by atoms with van der Waals surface area (Å²) in [4.78, 5) is 12.0. The van der Waals surface area contributed by atoms with Crippen molar-refractivity contribution in [1.29, 1.82) is 0 Å². The summed E-state index contributed by atoms with van der Waals surface area (Å²) in [5, 5.41) is 33.1. The molecule has 0 spiro atoms. The van der Waals surface area contributed by atoms with Crippen molar-refractivity contribution < 1.29 is 34.3 Å². The number of hydrogen-bond donors (Lipinski definition) is 8. The number of hydrogen-bond acceptors (Lipinski definition) is 11. The van der Waals surface area contributed by atoms with E-state index in [1.165, 1.54) is 0 Å². The van der Waals surface area contributed by atoms with Crippen LogP contribution in [0.25, 0.3) is 0 Å². The fraction of sp³-hybridized carbons (Fsp3) is 0.938. The highest BCUT2D eigenvalue weighted by atomic mass is 35.5. The molecule has 1 saturated heterocycles. The Kier molecular flexibility index (Phi) is 19.1. The molecular weight excluding hydrogens is 516 g/mol. The molecule has 1 aliphatic heterocycles. The highest BCUT2D eigenvalue weighted by Gasteiger charge is 2.49. The zero-order valence-electron chi connectivity index (χ0n) is 17.5. The number of rotatable bonds is 6. The Labute approximate surface area is 212 Å². The number of carbonyl (C=O) groups excluding carboxylic acids is 1. The van der Waals surface area contributed by atoms with E-state index in [-0.39, 0.29) is 62.6 Å². The predicted octanol–water partition coefficient (Wildman–Crippen LogP) is -2.28. The van der Waals surface area contributed by atoms with Crippen LogP contribution in [-0.4, -0.2) is 95.5 Å². The lowest BCUT2D eigenvalue weighted by atomic mass is 9.84. The van der Waals surface area contributed by atoms with Gasteiger partial charge in [-0.15, -0.1) is 49.6 Å². The lowest BCUT2D eigenvalue weighted by Crippen LogP contribution is -2.68. The van der Waals surface area contributed by atoms with E-state index >= 15 is 0 Å². The number of halogens is 4. The number of ether oxygens (including phenoxy) is 3. The van der Waals surface area contributed by atoms with Crippen molar-refractivity contribution in [3.8, 4) is 0 Å². The molecule has 2 rings (SSSR count). The van der Waals surface area contributed by atoms with Crippen LogP contribution in [0.4, 0.5) is 4.79 Å². The SMILES string of the molecule is CCCNC(=O)O[C@@H]1[C@@H](O)[C@H](N)C[C@H](N)[C@H]1O[C@H]1O[C@H](CN)[C@@H](O)[C@H](O)[C@H]1N.Cl.Cl.Cl.Cl. The van der Waals surface area contributed by atoms with Gasteiger partial charge in [-0.25, -0.2) is 4.79 Å². The molecule has 1 saturated carbocycles. The first kappa shape index (κ1) is 36.6. The molecule has 1 amide bonds. The smallest absolute Gasteiger partial charge is 0.407 e. The highest BCUT2D eigenvalue weighted by molar-refractivity contribution is 5.86. The second kappa shape index (κ2) is 16.7. The molecule has 1 aliphatic carbocycles. The van der Waals surface area contributed by atoms with Gasteiger partial charge >= 0.3 is 6.09 Å². The Morgan fingerprint density at radius 3 is 2.12 bits per heavy atom. The van der Waals surface area contributed by atoms with Crippen molar-refractivity contribution in [2.24, 2.45) is 22.9 Å².